The van der Waals surface area contributed by atoms with Crippen LogP contribution in [-0.2, 0) is 23.7 Å². The predicted octanol–water partition coefficient (Wildman–Crippen LogP) is 2.93. The van der Waals surface area contributed by atoms with Crippen LogP contribution in [0.5, 0.6) is 0 Å². The Morgan fingerprint density at radius 2 is 1.35 bits per heavy atom. The zero-order valence-electron chi connectivity index (χ0n) is 18.7. The summed E-state index contributed by atoms with van der Waals surface area (Å²) in [6.45, 7) is 7.49. The van der Waals surface area contributed by atoms with Gasteiger partial charge in [0.05, 0.1) is 30.9 Å². The molecule has 8 heteroatoms. The lowest BCUT2D eigenvalue weighted by Crippen LogP contribution is -2.62. The Morgan fingerprint density at radius 1 is 0.824 bits per heavy atom. The van der Waals surface area contributed by atoms with E-state index in [9.17, 15) is 14.7 Å². The molecule has 3 rings (SSSR count). The molecule has 0 saturated carbocycles. The minimum Gasteiger partial charge on any atom is -0.453 e. The molecule has 2 aromatic rings. The molecule has 0 radical (unpaired) electrons. The van der Waals surface area contributed by atoms with Crippen molar-refractivity contribution < 1.29 is 38.4 Å². The second-order valence-electron chi connectivity index (χ2n) is 7.45. The number of ether oxygens (including phenoxy) is 5. The van der Waals surface area contributed by atoms with E-state index in [2.05, 4.69) is 13.2 Å². The fourth-order valence-corrected chi connectivity index (χ4v) is 3.47. The minimum absolute atomic E-state index is 0.0247. The summed E-state index contributed by atoms with van der Waals surface area (Å²) in [5.74, 6) is -1.31. The van der Waals surface area contributed by atoms with Crippen LogP contribution in [0.3, 0.4) is 0 Å². The van der Waals surface area contributed by atoms with Crippen molar-refractivity contribution >= 4 is 11.9 Å². The molecule has 8 nitrogen and oxygen atoms in total. The maximum Gasteiger partial charge on any atom is 0.338 e. The van der Waals surface area contributed by atoms with Crippen LogP contribution in [0.4, 0.5) is 0 Å². The molecule has 0 aromatic heterocycles. The molecule has 1 heterocycles. The first kappa shape index (κ1) is 25.3. The maximum absolute atomic E-state index is 12.9. The largest absolute Gasteiger partial charge is 0.453 e. The summed E-state index contributed by atoms with van der Waals surface area (Å²) in [6, 6.07) is 16.7. The van der Waals surface area contributed by atoms with E-state index in [4.69, 9.17) is 23.7 Å². The van der Waals surface area contributed by atoms with Gasteiger partial charge < -0.3 is 28.8 Å². The van der Waals surface area contributed by atoms with Crippen molar-refractivity contribution in [3.05, 3.63) is 97.1 Å². The van der Waals surface area contributed by atoms with E-state index in [0.29, 0.717) is 5.56 Å². The van der Waals surface area contributed by atoms with Gasteiger partial charge in [0.15, 0.2) is 18.5 Å². The second kappa shape index (κ2) is 12.8. The highest BCUT2D eigenvalue weighted by atomic mass is 16.7. The highest BCUT2D eigenvalue weighted by Gasteiger charge is 2.50. The van der Waals surface area contributed by atoms with E-state index >= 15 is 0 Å². The number of carbonyl (C=O) groups excluding carboxylic acids is 2. The Hall–Kier alpha value is -3.30. The molecule has 0 aliphatic carbocycles. The van der Waals surface area contributed by atoms with E-state index in [-0.39, 0.29) is 25.4 Å². The highest BCUT2D eigenvalue weighted by molar-refractivity contribution is 5.90. The Kier molecular flexibility index (Phi) is 9.54. The zero-order chi connectivity index (χ0) is 24.3. The van der Waals surface area contributed by atoms with Crippen molar-refractivity contribution in [1.29, 1.82) is 0 Å². The first-order valence-corrected chi connectivity index (χ1v) is 10.8. The summed E-state index contributed by atoms with van der Waals surface area (Å²) in [7, 11) is 0. The smallest absolute Gasteiger partial charge is 0.338 e. The van der Waals surface area contributed by atoms with Gasteiger partial charge in [0, 0.05) is 0 Å². The van der Waals surface area contributed by atoms with E-state index in [1.54, 1.807) is 66.7 Å². The molecule has 180 valence electrons. The molecule has 1 N–H and O–H groups in total. The number of benzene rings is 2. The van der Waals surface area contributed by atoms with Crippen molar-refractivity contribution in [2.24, 2.45) is 0 Å². The lowest BCUT2D eigenvalue weighted by molar-refractivity contribution is -0.292. The number of aliphatic hydroxyl groups excluding tert-OH is 1. The number of aliphatic hydroxyl groups is 1. The van der Waals surface area contributed by atoms with Crippen molar-refractivity contribution in [1.82, 2.24) is 0 Å². The lowest BCUT2D eigenvalue weighted by Gasteiger charge is -2.43. The number of carbonyl (C=O) groups is 2. The maximum atomic E-state index is 12.9. The fourth-order valence-electron chi connectivity index (χ4n) is 3.47. The summed E-state index contributed by atoms with van der Waals surface area (Å²) < 4.78 is 28.4. The molecular formula is C26H28O8. The Balaban J connectivity index is 1.88. The number of hydrogen-bond donors (Lipinski definition) is 1. The molecule has 0 unspecified atom stereocenters. The van der Waals surface area contributed by atoms with E-state index in [1.165, 1.54) is 6.08 Å². The molecule has 1 aliphatic rings. The number of hydrogen-bond acceptors (Lipinski definition) is 8. The normalized spacial score (nSPS) is 24.1. The first-order valence-electron chi connectivity index (χ1n) is 10.8. The van der Waals surface area contributed by atoms with Gasteiger partial charge in [-0.05, 0) is 24.3 Å². The molecule has 0 spiro atoms. The van der Waals surface area contributed by atoms with Gasteiger partial charge in [0.2, 0.25) is 0 Å². The van der Waals surface area contributed by atoms with Gasteiger partial charge in [-0.2, -0.15) is 0 Å². The summed E-state index contributed by atoms with van der Waals surface area (Å²) in [4.78, 5) is 25.6. The molecule has 0 bridgehead atoms. The van der Waals surface area contributed by atoms with Crippen LogP contribution in [0.15, 0.2) is 86.0 Å². The van der Waals surface area contributed by atoms with Gasteiger partial charge >= 0.3 is 11.9 Å². The Labute approximate surface area is 198 Å². The molecule has 1 aliphatic heterocycles. The quantitative estimate of drug-likeness (QED) is 0.305. The van der Waals surface area contributed by atoms with Crippen LogP contribution in [0.1, 0.15) is 20.7 Å². The standard InChI is InChI=1S/C26H28O8/c1-3-15-30-17-20-21(33-24(27)18-11-7-5-8-12-18)22(31-16-4-2)23(26(29)32-20)34-25(28)19-13-9-6-10-14-19/h3-14,20-23,26,29H,1-2,15-17H2/t20-,21-,22+,23+,26+/m1/s1. The van der Waals surface area contributed by atoms with E-state index in [0.717, 1.165) is 0 Å². The van der Waals surface area contributed by atoms with Crippen LogP contribution in [0.2, 0.25) is 0 Å². The summed E-state index contributed by atoms with van der Waals surface area (Å²) in [5.41, 5.74) is 0.603. The third-order valence-corrected chi connectivity index (χ3v) is 5.04. The van der Waals surface area contributed by atoms with Crippen LogP contribution < -0.4 is 0 Å². The van der Waals surface area contributed by atoms with Crippen molar-refractivity contribution in [3.63, 3.8) is 0 Å². The third kappa shape index (κ3) is 6.61. The average Bonchev–Trinajstić information content (AvgIpc) is 2.87. The van der Waals surface area contributed by atoms with Gasteiger partial charge in [-0.1, -0.05) is 48.6 Å². The predicted molar refractivity (Wildman–Crippen MR) is 123 cm³/mol. The van der Waals surface area contributed by atoms with E-state index < -0.39 is 42.6 Å². The summed E-state index contributed by atoms with van der Waals surface area (Å²) >= 11 is 0. The molecule has 0 amide bonds. The molecule has 1 saturated heterocycles. The van der Waals surface area contributed by atoms with Crippen LogP contribution >= 0.6 is 0 Å². The monoisotopic (exact) mass is 468 g/mol. The van der Waals surface area contributed by atoms with Crippen molar-refractivity contribution in [3.8, 4) is 0 Å². The molecule has 1 fully saturated rings. The topological polar surface area (TPSA) is 101 Å². The van der Waals surface area contributed by atoms with Crippen molar-refractivity contribution in [2.45, 2.75) is 30.7 Å². The highest BCUT2D eigenvalue weighted by Crippen LogP contribution is 2.29. The average molecular weight is 469 g/mol. The van der Waals surface area contributed by atoms with Gasteiger partial charge in [-0.15, -0.1) is 13.2 Å². The third-order valence-electron chi connectivity index (χ3n) is 5.04. The van der Waals surface area contributed by atoms with E-state index in [1.807, 2.05) is 0 Å². The van der Waals surface area contributed by atoms with Gasteiger partial charge in [-0.3, -0.25) is 0 Å². The minimum atomic E-state index is -1.55. The van der Waals surface area contributed by atoms with Crippen LogP contribution in [0, 0.1) is 0 Å². The fraction of sp³-hybridized carbons (Fsp3) is 0.308. The van der Waals surface area contributed by atoms with Crippen LogP contribution in [-0.4, -0.2) is 67.6 Å². The SMILES string of the molecule is C=CCOC[C@H]1O[C@H](O)[C@@H](OC(=O)c2ccccc2)[C@@H](OCC=C)[C@@H]1OC(=O)c1ccccc1. The molecular weight excluding hydrogens is 440 g/mol. The Morgan fingerprint density at radius 3 is 1.88 bits per heavy atom. The molecule has 5 atom stereocenters. The number of rotatable bonds is 11. The van der Waals surface area contributed by atoms with Gasteiger partial charge in [0.25, 0.3) is 0 Å². The van der Waals surface area contributed by atoms with Crippen molar-refractivity contribution in [2.75, 3.05) is 19.8 Å². The zero-order valence-corrected chi connectivity index (χ0v) is 18.7. The number of esters is 2. The first-order chi connectivity index (χ1) is 16.5. The summed E-state index contributed by atoms with van der Waals surface area (Å²) in [6.07, 6.45) is -2.79. The summed E-state index contributed by atoms with van der Waals surface area (Å²) in [5, 5.41) is 10.7. The van der Waals surface area contributed by atoms with Crippen LogP contribution in [0.25, 0.3) is 0 Å². The molecule has 34 heavy (non-hydrogen) atoms. The lowest BCUT2D eigenvalue weighted by atomic mass is 9.98. The molecule has 2 aromatic carbocycles. The second-order valence-corrected chi connectivity index (χ2v) is 7.45. The van der Waals surface area contributed by atoms with Gasteiger partial charge in [-0.25, -0.2) is 9.59 Å². The van der Waals surface area contributed by atoms with Gasteiger partial charge in [0.1, 0.15) is 12.2 Å². The Bertz CT molecular complexity index is 946.